The monoisotopic (exact) mass is 391 g/mol. The average molecular weight is 391 g/mol. The molecule has 3 aromatic rings. The number of carbonyl (C=O) groups is 2. The van der Waals surface area contributed by atoms with E-state index in [9.17, 15) is 19.5 Å². The van der Waals surface area contributed by atoms with Gasteiger partial charge in [-0.15, -0.1) is 0 Å². The molecule has 1 heterocycles. The fraction of sp³-hybridized carbons (Fsp3) is 0.273. The van der Waals surface area contributed by atoms with Gasteiger partial charge in [-0.1, -0.05) is 42.5 Å². The number of nitrogens with one attached hydrogen (secondary N) is 1. The first-order valence-electron chi connectivity index (χ1n) is 9.60. The van der Waals surface area contributed by atoms with Crippen LogP contribution in [0.3, 0.4) is 0 Å². The number of rotatable bonds is 4. The highest BCUT2D eigenvalue weighted by molar-refractivity contribution is 6.01. The molecule has 0 aliphatic heterocycles. The molecule has 1 aliphatic carbocycles. The lowest BCUT2D eigenvalue weighted by atomic mass is 9.87. The molecule has 2 unspecified atom stereocenters. The van der Waals surface area contributed by atoms with Gasteiger partial charge in [-0.25, -0.2) is 9.48 Å². The lowest BCUT2D eigenvalue weighted by Gasteiger charge is -2.27. The lowest BCUT2D eigenvalue weighted by molar-refractivity contribution is -0.125. The van der Waals surface area contributed by atoms with Gasteiger partial charge in [0.05, 0.1) is 11.4 Å². The molecule has 1 aromatic heterocycles. The molecule has 1 amide bonds. The van der Waals surface area contributed by atoms with Crippen LogP contribution < -0.4 is 10.9 Å². The van der Waals surface area contributed by atoms with Crippen LogP contribution in [0.2, 0.25) is 0 Å². The highest BCUT2D eigenvalue weighted by Gasteiger charge is 2.26. The van der Waals surface area contributed by atoms with Crippen LogP contribution in [0.4, 0.5) is 0 Å². The third kappa shape index (κ3) is 3.40. The number of aryl methyl sites for hydroxylation is 1. The maximum Gasteiger partial charge on any atom is 0.357 e. The second kappa shape index (κ2) is 7.50. The fourth-order valence-electron chi connectivity index (χ4n) is 3.93. The van der Waals surface area contributed by atoms with Gasteiger partial charge in [-0.2, -0.15) is 5.10 Å². The van der Waals surface area contributed by atoms with Crippen LogP contribution in [0.1, 0.15) is 53.5 Å². The number of amides is 1. The summed E-state index contributed by atoms with van der Waals surface area (Å²) in [5.41, 5.74) is 1.57. The summed E-state index contributed by atoms with van der Waals surface area (Å²) in [7, 11) is 0. The fourth-order valence-corrected chi connectivity index (χ4v) is 3.93. The summed E-state index contributed by atoms with van der Waals surface area (Å²) in [6.45, 7) is 1.55. The number of carboxylic acids is 1. The van der Waals surface area contributed by atoms with Gasteiger partial charge in [-0.05, 0) is 43.4 Å². The Kier molecular flexibility index (Phi) is 4.88. The van der Waals surface area contributed by atoms with Crippen molar-refractivity contribution in [2.45, 2.75) is 38.3 Å². The molecule has 7 nitrogen and oxygen atoms in total. The standard InChI is InChI=1S/C22H21N3O4/c1-13(20(26)23-18-12-6-8-14-7-2-3-9-15(14)18)25-21(27)17-11-5-4-10-16(17)19(24-25)22(28)29/h2-5,7,9-11,13,18H,6,8,12H2,1H3,(H,23,26)(H,28,29). The number of nitrogens with zero attached hydrogens (tertiary/aromatic N) is 2. The molecule has 4 rings (SSSR count). The zero-order chi connectivity index (χ0) is 20.5. The van der Waals surface area contributed by atoms with Crippen molar-refractivity contribution in [1.29, 1.82) is 0 Å². The van der Waals surface area contributed by atoms with Crippen molar-refractivity contribution in [2.75, 3.05) is 0 Å². The van der Waals surface area contributed by atoms with Gasteiger partial charge in [0.25, 0.3) is 5.56 Å². The van der Waals surface area contributed by atoms with Crippen LogP contribution in [0, 0.1) is 0 Å². The van der Waals surface area contributed by atoms with E-state index in [1.807, 2.05) is 18.2 Å². The number of aromatic nitrogens is 2. The van der Waals surface area contributed by atoms with Gasteiger partial charge in [0.2, 0.25) is 5.91 Å². The number of fused-ring (bicyclic) bond motifs is 2. The normalized spacial score (nSPS) is 16.8. The first kappa shape index (κ1) is 18.9. The zero-order valence-corrected chi connectivity index (χ0v) is 16.0. The quantitative estimate of drug-likeness (QED) is 0.712. The Morgan fingerprint density at radius 1 is 1.14 bits per heavy atom. The van der Waals surface area contributed by atoms with Crippen molar-refractivity contribution >= 4 is 22.6 Å². The first-order chi connectivity index (χ1) is 14.0. The minimum Gasteiger partial charge on any atom is -0.476 e. The van der Waals surface area contributed by atoms with Crippen LogP contribution in [0.5, 0.6) is 0 Å². The van der Waals surface area contributed by atoms with Gasteiger partial charge in [0.1, 0.15) is 6.04 Å². The van der Waals surface area contributed by atoms with Gasteiger partial charge < -0.3 is 10.4 Å². The van der Waals surface area contributed by atoms with E-state index in [1.54, 1.807) is 31.2 Å². The SMILES string of the molecule is CC(C(=O)NC1CCCc2ccccc21)n1nc(C(=O)O)c2ccccc2c1=O. The van der Waals surface area contributed by atoms with Gasteiger partial charge >= 0.3 is 5.97 Å². The lowest BCUT2D eigenvalue weighted by Crippen LogP contribution is -2.40. The largest absolute Gasteiger partial charge is 0.476 e. The summed E-state index contributed by atoms with van der Waals surface area (Å²) in [5.74, 6) is -1.61. The van der Waals surface area contributed by atoms with Crippen LogP contribution in [0.15, 0.2) is 53.3 Å². The molecule has 0 saturated carbocycles. The molecule has 2 aromatic carbocycles. The van der Waals surface area contributed by atoms with E-state index in [0.29, 0.717) is 0 Å². The maximum absolute atomic E-state index is 12.9. The zero-order valence-electron chi connectivity index (χ0n) is 16.0. The predicted molar refractivity (Wildman–Crippen MR) is 108 cm³/mol. The smallest absolute Gasteiger partial charge is 0.357 e. The summed E-state index contributed by atoms with van der Waals surface area (Å²) in [4.78, 5) is 37.4. The third-order valence-electron chi connectivity index (χ3n) is 5.46. The van der Waals surface area contributed by atoms with E-state index in [0.717, 1.165) is 29.5 Å². The molecule has 29 heavy (non-hydrogen) atoms. The van der Waals surface area contributed by atoms with Crippen molar-refractivity contribution in [1.82, 2.24) is 15.1 Å². The number of carbonyl (C=O) groups excluding carboxylic acids is 1. The molecule has 2 N–H and O–H groups in total. The average Bonchev–Trinajstić information content (AvgIpc) is 2.73. The van der Waals surface area contributed by atoms with E-state index in [1.165, 1.54) is 5.56 Å². The summed E-state index contributed by atoms with van der Waals surface area (Å²) < 4.78 is 0.968. The van der Waals surface area contributed by atoms with Crippen molar-refractivity contribution in [3.05, 3.63) is 75.7 Å². The number of aromatic carboxylic acids is 1. The van der Waals surface area contributed by atoms with Crippen molar-refractivity contribution in [3.63, 3.8) is 0 Å². The van der Waals surface area contributed by atoms with Crippen LogP contribution >= 0.6 is 0 Å². The van der Waals surface area contributed by atoms with Crippen LogP contribution in [0.25, 0.3) is 10.8 Å². The van der Waals surface area contributed by atoms with E-state index in [2.05, 4.69) is 16.5 Å². The number of hydrogen-bond donors (Lipinski definition) is 2. The Balaban J connectivity index is 1.68. The highest BCUT2D eigenvalue weighted by Crippen LogP contribution is 2.29. The minimum absolute atomic E-state index is 0.134. The molecular weight excluding hydrogens is 370 g/mol. The molecule has 2 atom stereocenters. The molecule has 7 heteroatoms. The summed E-state index contributed by atoms with van der Waals surface area (Å²) in [6.07, 6.45) is 2.76. The Bertz CT molecular complexity index is 1170. The summed E-state index contributed by atoms with van der Waals surface area (Å²) in [6, 6.07) is 13.3. The molecule has 0 radical (unpaired) electrons. The number of benzene rings is 2. The predicted octanol–water partition coefficient (Wildman–Crippen LogP) is 2.85. The van der Waals surface area contributed by atoms with Crippen molar-refractivity contribution in [2.24, 2.45) is 0 Å². The molecule has 0 fully saturated rings. The molecular formula is C22H21N3O4. The van der Waals surface area contributed by atoms with E-state index < -0.39 is 17.6 Å². The molecule has 148 valence electrons. The molecule has 1 aliphatic rings. The number of hydrogen-bond acceptors (Lipinski definition) is 4. The van der Waals surface area contributed by atoms with Crippen molar-refractivity contribution in [3.8, 4) is 0 Å². The van der Waals surface area contributed by atoms with Crippen molar-refractivity contribution < 1.29 is 14.7 Å². The van der Waals surface area contributed by atoms with Gasteiger partial charge in [0.15, 0.2) is 5.69 Å². The summed E-state index contributed by atoms with van der Waals surface area (Å²) >= 11 is 0. The molecule has 0 saturated heterocycles. The second-order valence-corrected chi connectivity index (χ2v) is 7.28. The van der Waals surface area contributed by atoms with Crippen LogP contribution in [-0.4, -0.2) is 26.8 Å². The topological polar surface area (TPSA) is 101 Å². The Hall–Kier alpha value is -3.48. The van der Waals surface area contributed by atoms with E-state index in [4.69, 9.17) is 0 Å². The minimum atomic E-state index is -1.25. The van der Waals surface area contributed by atoms with Crippen LogP contribution in [-0.2, 0) is 11.2 Å². The molecule has 0 spiro atoms. The Morgan fingerprint density at radius 2 is 1.83 bits per heavy atom. The first-order valence-corrected chi connectivity index (χ1v) is 9.60. The Labute approximate surface area is 167 Å². The molecule has 0 bridgehead atoms. The summed E-state index contributed by atoms with van der Waals surface area (Å²) in [5, 5.41) is 17.0. The Morgan fingerprint density at radius 3 is 2.59 bits per heavy atom. The van der Waals surface area contributed by atoms with Gasteiger partial charge in [-0.3, -0.25) is 9.59 Å². The van der Waals surface area contributed by atoms with E-state index in [-0.39, 0.29) is 28.4 Å². The third-order valence-corrected chi connectivity index (χ3v) is 5.46. The maximum atomic E-state index is 12.9. The second-order valence-electron chi connectivity index (χ2n) is 7.28. The number of carboxylic acid groups (broad SMARTS) is 1. The highest BCUT2D eigenvalue weighted by atomic mass is 16.4. The van der Waals surface area contributed by atoms with E-state index >= 15 is 0 Å². The van der Waals surface area contributed by atoms with Gasteiger partial charge in [0, 0.05) is 5.39 Å².